The molecular formula is C71H119F2N5O11S2. The number of carbonyl (C=O) groups is 3. The second-order valence-corrected chi connectivity index (χ2v) is 38.6. The lowest BCUT2D eigenvalue weighted by Crippen LogP contribution is -2.55. The number of fused-ring (bicyclic) bond motifs is 14. The Bertz CT molecular complexity index is 2790. The molecule has 15 fully saturated rings. The van der Waals surface area contributed by atoms with Crippen molar-refractivity contribution in [1.29, 1.82) is 0 Å². The molecule has 10 saturated heterocycles. The monoisotopic (exact) mass is 1320 g/mol. The molecule has 10 heterocycles. The van der Waals surface area contributed by atoms with Crippen molar-refractivity contribution in [1.82, 2.24) is 23.3 Å². The molecule has 520 valence electrons. The van der Waals surface area contributed by atoms with E-state index >= 15 is 0 Å². The maximum Gasteiger partial charge on any atom is 0.410 e. The van der Waals surface area contributed by atoms with Crippen molar-refractivity contribution in [3.05, 3.63) is 0 Å². The third-order valence-electron chi connectivity index (χ3n) is 25.7. The fourth-order valence-electron chi connectivity index (χ4n) is 19.9. The first-order chi connectivity index (χ1) is 42.6. The van der Waals surface area contributed by atoms with Crippen LogP contribution in [0.5, 0.6) is 0 Å². The largest absolute Gasteiger partial charge is 0.447 e. The predicted octanol–water partition coefficient (Wildman–Crippen LogP) is 14.6. The summed E-state index contributed by atoms with van der Waals surface area (Å²) in [5.41, 5.74) is 0.0627. The second kappa shape index (κ2) is 26.0. The van der Waals surface area contributed by atoms with Gasteiger partial charge < -0.3 is 33.6 Å². The van der Waals surface area contributed by atoms with Crippen LogP contribution in [0.25, 0.3) is 0 Å². The highest BCUT2D eigenvalue weighted by atomic mass is 32.2. The molecule has 0 aromatic carbocycles. The Morgan fingerprint density at radius 1 is 0.527 bits per heavy atom. The third kappa shape index (κ3) is 14.3. The molecule has 16 nitrogen and oxygen atoms in total. The number of nitrogens with zero attached hydrogens (tertiary/aromatic N) is 5. The first-order valence-corrected chi connectivity index (χ1v) is 39.5. The Balaban J connectivity index is 0.000000117. The molecule has 0 aromatic rings. The van der Waals surface area contributed by atoms with Crippen LogP contribution in [0.3, 0.4) is 0 Å². The van der Waals surface area contributed by atoms with Crippen molar-refractivity contribution >= 4 is 38.3 Å². The van der Waals surface area contributed by atoms with Crippen LogP contribution in [0.15, 0.2) is 0 Å². The maximum absolute atomic E-state index is 13.3. The normalized spacial score (nSPS) is 38.1. The van der Waals surface area contributed by atoms with Crippen molar-refractivity contribution in [2.75, 3.05) is 26.3 Å². The Labute approximate surface area is 547 Å². The quantitative estimate of drug-likeness (QED) is 0.170. The van der Waals surface area contributed by atoms with E-state index in [1.807, 2.05) is 36.9 Å². The number of sulfonamides is 2. The molecule has 0 aromatic heterocycles. The van der Waals surface area contributed by atoms with Gasteiger partial charge in [-0.3, -0.25) is 0 Å². The van der Waals surface area contributed by atoms with E-state index in [4.69, 9.17) is 18.9 Å². The van der Waals surface area contributed by atoms with E-state index in [0.29, 0.717) is 102 Å². The number of hydrogen-bond acceptors (Lipinski definition) is 11. The summed E-state index contributed by atoms with van der Waals surface area (Å²) in [6, 6.07) is 2.12. The molecule has 20 heteroatoms. The van der Waals surface area contributed by atoms with Crippen molar-refractivity contribution < 1.29 is 58.9 Å². The molecule has 91 heavy (non-hydrogen) atoms. The minimum absolute atomic E-state index is 0.00366. The van der Waals surface area contributed by atoms with Crippen molar-refractivity contribution in [2.45, 2.75) is 315 Å². The smallest absolute Gasteiger partial charge is 0.410 e. The van der Waals surface area contributed by atoms with Crippen LogP contribution in [0.1, 0.15) is 239 Å². The molecule has 5 saturated carbocycles. The predicted molar refractivity (Wildman–Crippen MR) is 349 cm³/mol. The van der Waals surface area contributed by atoms with Crippen LogP contribution in [-0.4, -0.2) is 161 Å². The average Bonchev–Trinajstić information content (AvgIpc) is 1.55. The van der Waals surface area contributed by atoms with Crippen molar-refractivity contribution in [3.8, 4) is 0 Å². The van der Waals surface area contributed by atoms with E-state index in [-0.39, 0.29) is 52.9 Å². The number of ether oxygens (including phenoxy) is 4. The topological polar surface area (TPSA) is 173 Å². The fraction of sp³-hybridized carbons (Fsp3) is 0.958. The summed E-state index contributed by atoms with van der Waals surface area (Å²) in [5, 5.41) is -3.69. The maximum atomic E-state index is 13.3. The van der Waals surface area contributed by atoms with Gasteiger partial charge in [-0.05, 0) is 239 Å². The number of rotatable bonds is 12. The lowest BCUT2D eigenvalue weighted by atomic mass is 9.71. The molecule has 15 rings (SSSR count). The molecule has 0 radical (unpaired) electrons. The molecule has 5 aliphatic carbocycles. The number of halogens is 2. The summed E-state index contributed by atoms with van der Waals surface area (Å²) < 4.78 is 101. The minimum Gasteiger partial charge on any atom is -0.447 e. The average molecular weight is 1320 g/mol. The van der Waals surface area contributed by atoms with Gasteiger partial charge in [0.05, 0.1) is 24.6 Å². The first-order valence-electron chi connectivity index (χ1n) is 36.6. The van der Waals surface area contributed by atoms with E-state index in [2.05, 4.69) is 79.0 Å². The number of alkyl halides is 2. The summed E-state index contributed by atoms with van der Waals surface area (Å²) in [6.45, 7) is 34.2. The molecule has 3 amide bonds. The van der Waals surface area contributed by atoms with Crippen LogP contribution in [0, 0.1) is 88.3 Å². The Morgan fingerprint density at radius 3 is 1.48 bits per heavy atom. The number of hydrogen-bond donors (Lipinski definition) is 0. The van der Waals surface area contributed by atoms with E-state index in [1.54, 1.807) is 0 Å². The fourth-order valence-corrected chi connectivity index (χ4v) is 23.8. The highest BCUT2D eigenvalue weighted by Gasteiger charge is 2.67. The number of likely N-dealkylation sites (tertiary alicyclic amines) is 1. The molecule has 14 atom stereocenters. The van der Waals surface area contributed by atoms with E-state index in [0.717, 1.165) is 144 Å². The standard InChI is InChI=1S/C15H25NO3.C15H25NO2S.C15H25NO2.C14H23NO2.C12H21F2NO2S/c1-10(2)13-11-6-16(7-12(13)9-18-8-11)14(17)19-15(3)4-5-15;1-10(2)13-9-11-3-6-14(15(13)7-8-15)16(11)19(17,18)12-4-5-12;1-8(2)10-5-13-11-7-12(11)14(6-10)16(13)15(17)18-9(3)4;1-9(2)11-8-10-4-5-12(11)15(10)13(16)17-14(3)6-7-14;1-8(2)9-6-10-4-5-11(7-9)15(10)18(16,17)12(3,13)14/h10-13H,4-9H2,1-3H3;10-14H,3-9H2,1-2H3;8-14H,5-7H2,1-4H3;9-12H,4-8H2,1-3H3;8-11H,4-7H2,1-3H3/t;;10?,11?,12?,13-,14-;10?,11-,12?;/m..10./s1. The molecule has 10 aliphatic heterocycles. The van der Waals surface area contributed by atoms with Crippen LogP contribution in [-0.2, 0) is 39.0 Å². The van der Waals surface area contributed by atoms with Crippen LogP contribution in [0.2, 0.25) is 0 Å². The van der Waals surface area contributed by atoms with Crippen molar-refractivity contribution in [2.24, 2.45) is 88.3 Å². The highest BCUT2D eigenvalue weighted by molar-refractivity contribution is 7.90. The van der Waals surface area contributed by atoms with Gasteiger partial charge in [-0.1, -0.05) is 69.2 Å². The zero-order valence-corrected chi connectivity index (χ0v) is 60.0. The Hall–Kier alpha value is -2.55. The number of carbonyl (C=O) groups excluding carboxylic acids is 3. The molecule has 0 N–H and O–H groups in total. The second-order valence-electron chi connectivity index (χ2n) is 34.4. The van der Waals surface area contributed by atoms with E-state index in [1.165, 1.54) is 51.4 Å². The van der Waals surface area contributed by atoms with E-state index in [9.17, 15) is 40.0 Å². The molecule has 15 aliphatic rings. The van der Waals surface area contributed by atoms with Gasteiger partial charge in [-0.25, -0.2) is 31.2 Å². The molecule has 10 bridgehead atoms. The summed E-state index contributed by atoms with van der Waals surface area (Å²) in [6.07, 6.45) is 21.8. The van der Waals surface area contributed by atoms with Gasteiger partial charge >= 0.3 is 23.5 Å². The summed E-state index contributed by atoms with van der Waals surface area (Å²) in [7, 11) is -7.46. The summed E-state index contributed by atoms with van der Waals surface area (Å²) in [5.74, 6) is 9.21. The van der Waals surface area contributed by atoms with Crippen LogP contribution in [0.4, 0.5) is 23.2 Å². The van der Waals surface area contributed by atoms with Gasteiger partial charge in [0.15, 0.2) is 0 Å². The van der Waals surface area contributed by atoms with Gasteiger partial charge in [0.2, 0.25) is 10.0 Å². The molecule has 1 spiro atoms. The Morgan fingerprint density at radius 2 is 1.03 bits per heavy atom. The zero-order chi connectivity index (χ0) is 66.0. The SMILES string of the molecule is CC(C)C1C2COCC1CN(C(=O)OC1(C)CC1)C2.CC(C)C1CC2CCC(C1)N2S(=O)(=O)C(C)(F)F.CC(C)C1CC2CCC(N2S(=O)(=O)C2CC2)C12CC2.CC(C)OC(=O)N1[C@@H]2CC(C(C)C)C[C@@H]1C1CC12.CC(C)[C@@H]1CC2CCC1N2C(=O)OC1(C)CC1. The van der Waals surface area contributed by atoms with Crippen LogP contribution < -0.4 is 0 Å². The third-order valence-corrected chi connectivity index (χ3v) is 30.2. The molecular weight excluding hydrogens is 1200 g/mol. The van der Waals surface area contributed by atoms with Gasteiger partial charge in [-0.2, -0.15) is 17.4 Å². The summed E-state index contributed by atoms with van der Waals surface area (Å²) >= 11 is 0. The van der Waals surface area contributed by atoms with Gasteiger partial charge in [0.1, 0.15) is 11.2 Å². The minimum atomic E-state index is -4.48. The van der Waals surface area contributed by atoms with E-state index < -0.39 is 25.3 Å². The lowest BCUT2D eigenvalue weighted by Gasteiger charge is -2.48. The number of piperidine rings is 5. The van der Waals surface area contributed by atoms with Gasteiger partial charge in [-0.15, -0.1) is 0 Å². The van der Waals surface area contributed by atoms with Crippen LogP contribution >= 0.6 is 0 Å². The number of amides is 3. The van der Waals surface area contributed by atoms with Gasteiger partial charge in [0, 0.05) is 80.2 Å². The first kappa shape index (κ1) is 69.8. The zero-order valence-electron chi connectivity index (χ0n) is 58.3. The Kier molecular flexibility index (Phi) is 20.0. The molecule has 11 unspecified atom stereocenters. The van der Waals surface area contributed by atoms with Crippen molar-refractivity contribution in [3.63, 3.8) is 0 Å². The highest BCUT2D eigenvalue weighted by Crippen LogP contribution is 2.67. The lowest BCUT2D eigenvalue weighted by molar-refractivity contribution is -0.0950. The van der Waals surface area contributed by atoms with Gasteiger partial charge in [0.25, 0.3) is 10.0 Å². The summed E-state index contributed by atoms with van der Waals surface area (Å²) in [4.78, 5) is 42.7.